The number of amides is 1. The Labute approximate surface area is 124 Å². The van der Waals surface area contributed by atoms with Gasteiger partial charge >= 0.3 is 0 Å². The molecule has 0 atom stereocenters. The smallest absolute Gasteiger partial charge is 0.265 e. The summed E-state index contributed by atoms with van der Waals surface area (Å²) < 4.78 is 26.4. The second-order valence-corrected chi connectivity index (χ2v) is 6.73. The number of hydrogen-bond acceptors (Lipinski definition) is 3. The maximum atomic E-state index is 12.1. The molecule has 110 valence electrons. The molecule has 0 saturated carbocycles. The van der Waals surface area contributed by atoms with Gasteiger partial charge in [-0.05, 0) is 56.2 Å². The Balaban J connectivity index is 2.25. The Kier molecular flexibility index (Phi) is 4.14. The zero-order valence-electron chi connectivity index (χ0n) is 12.2. The van der Waals surface area contributed by atoms with Crippen LogP contribution in [0.4, 0.5) is 0 Å². The molecule has 0 radical (unpaired) electrons. The fourth-order valence-corrected chi connectivity index (χ4v) is 2.81. The summed E-state index contributed by atoms with van der Waals surface area (Å²) in [6.07, 6.45) is 0. The highest BCUT2D eigenvalue weighted by Crippen LogP contribution is 2.13. The molecule has 2 rings (SSSR count). The predicted octanol–water partition coefficient (Wildman–Crippen LogP) is 2.73. The topological polar surface area (TPSA) is 63.2 Å². The Morgan fingerprint density at radius 3 is 2.10 bits per heavy atom. The van der Waals surface area contributed by atoms with Gasteiger partial charge in [0, 0.05) is 5.56 Å². The molecule has 2 aromatic carbocycles. The molecular formula is C16H17NO3S. The average molecular weight is 303 g/mol. The van der Waals surface area contributed by atoms with Gasteiger partial charge in [0.25, 0.3) is 15.9 Å². The van der Waals surface area contributed by atoms with Gasteiger partial charge in [-0.3, -0.25) is 4.79 Å². The molecule has 0 aromatic heterocycles. The van der Waals surface area contributed by atoms with E-state index in [1.807, 2.05) is 20.8 Å². The fourth-order valence-electron chi connectivity index (χ4n) is 1.84. The second kappa shape index (κ2) is 5.69. The van der Waals surface area contributed by atoms with Crippen LogP contribution in [0, 0.1) is 20.8 Å². The van der Waals surface area contributed by atoms with Crippen LogP contribution in [0.3, 0.4) is 0 Å². The number of rotatable bonds is 3. The molecule has 0 spiro atoms. The van der Waals surface area contributed by atoms with Gasteiger partial charge in [-0.25, -0.2) is 13.1 Å². The lowest BCUT2D eigenvalue weighted by molar-refractivity contribution is 0.0981. The SMILES string of the molecule is Cc1ccc(S(=O)(=O)NC(=O)c2ccc(C)c(C)c2)cc1. The van der Waals surface area contributed by atoms with Gasteiger partial charge in [-0.1, -0.05) is 23.8 Å². The van der Waals surface area contributed by atoms with Crippen LogP contribution in [0.2, 0.25) is 0 Å². The molecule has 0 aliphatic carbocycles. The molecule has 0 bridgehead atoms. The van der Waals surface area contributed by atoms with Crippen LogP contribution in [-0.2, 0) is 10.0 Å². The maximum Gasteiger partial charge on any atom is 0.265 e. The van der Waals surface area contributed by atoms with E-state index in [2.05, 4.69) is 4.72 Å². The Morgan fingerprint density at radius 1 is 0.905 bits per heavy atom. The zero-order chi connectivity index (χ0) is 15.6. The number of nitrogens with one attached hydrogen (secondary N) is 1. The summed E-state index contributed by atoms with van der Waals surface area (Å²) >= 11 is 0. The summed E-state index contributed by atoms with van der Waals surface area (Å²) in [4.78, 5) is 12.1. The van der Waals surface area contributed by atoms with Crippen LogP contribution in [0.25, 0.3) is 0 Å². The minimum Gasteiger partial charge on any atom is -0.268 e. The van der Waals surface area contributed by atoms with E-state index in [4.69, 9.17) is 0 Å². The lowest BCUT2D eigenvalue weighted by Crippen LogP contribution is -2.30. The largest absolute Gasteiger partial charge is 0.268 e. The summed E-state index contributed by atoms with van der Waals surface area (Å²) in [7, 11) is -3.85. The average Bonchev–Trinajstić information content (AvgIpc) is 2.41. The van der Waals surface area contributed by atoms with Crippen LogP contribution in [0.1, 0.15) is 27.0 Å². The molecule has 0 fully saturated rings. The van der Waals surface area contributed by atoms with Crippen molar-refractivity contribution in [1.29, 1.82) is 0 Å². The van der Waals surface area contributed by atoms with E-state index in [-0.39, 0.29) is 4.90 Å². The Bertz CT molecular complexity index is 778. The molecule has 4 nitrogen and oxygen atoms in total. The third-order valence-corrected chi connectivity index (χ3v) is 4.67. The van der Waals surface area contributed by atoms with E-state index < -0.39 is 15.9 Å². The Hall–Kier alpha value is -2.14. The van der Waals surface area contributed by atoms with E-state index in [0.717, 1.165) is 16.7 Å². The summed E-state index contributed by atoms with van der Waals surface area (Å²) in [6, 6.07) is 11.4. The van der Waals surface area contributed by atoms with Crippen molar-refractivity contribution in [2.45, 2.75) is 25.7 Å². The molecule has 0 heterocycles. The number of carbonyl (C=O) groups excluding carboxylic acids is 1. The van der Waals surface area contributed by atoms with Crippen molar-refractivity contribution in [3.8, 4) is 0 Å². The predicted molar refractivity (Wildman–Crippen MR) is 81.7 cm³/mol. The summed E-state index contributed by atoms with van der Waals surface area (Å²) in [5.74, 6) is -0.626. The molecule has 21 heavy (non-hydrogen) atoms. The van der Waals surface area contributed by atoms with E-state index >= 15 is 0 Å². The van der Waals surface area contributed by atoms with Crippen LogP contribution < -0.4 is 4.72 Å². The molecule has 0 unspecified atom stereocenters. The number of carbonyl (C=O) groups is 1. The molecule has 1 N–H and O–H groups in total. The lowest BCUT2D eigenvalue weighted by atomic mass is 10.1. The van der Waals surface area contributed by atoms with E-state index in [1.54, 1.807) is 30.3 Å². The maximum absolute atomic E-state index is 12.1. The number of benzene rings is 2. The van der Waals surface area contributed by atoms with Gasteiger partial charge in [0.1, 0.15) is 0 Å². The third kappa shape index (κ3) is 3.49. The van der Waals surface area contributed by atoms with Crippen LogP contribution in [0.5, 0.6) is 0 Å². The second-order valence-electron chi connectivity index (χ2n) is 5.05. The summed E-state index contributed by atoms with van der Waals surface area (Å²) in [5, 5.41) is 0. The van der Waals surface area contributed by atoms with Gasteiger partial charge in [0.2, 0.25) is 0 Å². The van der Waals surface area contributed by atoms with Crippen LogP contribution in [-0.4, -0.2) is 14.3 Å². The minimum absolute atomic E-state index is 0.0743. The van der Waals surface area contributed by atoms with Crippen LogP contribution in [0.15, 0.2) is 47.4 Å². The molecule has 0 aliphatic heterocycles. The molecule has 0 aliphatic rings. The molecule has 0 saturated heterocycles. The van der Waals surface area contributed by atoms with E-state index in [9.17, 15) is 13.2 Å². The van der Waals surface area contributed by atoms with Gasteiger partial charge < -0.3 is 0 Å². The number of sulfonamides is 1. The van der Waals surface area contributed by atoms with Gasteiger partial charge in [0.15, 0.2) is 0 Å². The number of aryl methyl sites for hydroxylation is 3. The third-order valence-electron chi connectivity index (χ3n) is 3.33. The van der Waals surface area contributed by atoms with Crippen molar-refractivity contribution in [2.24, 2.45) is 0 Å². The monoisotopic (exact) mass is 303 g/mol. The first-order valence-electron chi connectivity index (χ1n) is 6.51. The molecule has 2 aromatic rings. The van der Waals surface area contributed by atoms with Crippen molar-refractivity contribution >= 4 is 15.9 Å². The van der Waals surface area contributed by atoms with Gasteiger partial charge in [0.05, 0.1) is 4.90 Å². The van der Waals surface area contributed by atoms with Crippen molar-refractivity contribution in [3.63, 3.8) is 0 Å². The standard InChI is InChI=1S/C16H17NO3S/c1-11-4-8-15(9-5-11)21(19,20)17-16(18)14-7-6-12(2)13(3)10-14/h4-10H,1-3H3,(H,17,18). The van der Waals surface area contributed by atoms with Crippen LogP contribution >= 0.6 is 0 Å². The quantitative estimate of drug-likeness (QED) is 0.948. The zero-order valence-corrected chi connectivity index (χ0v) is 13.0. The van der Waals surface area contributed by atoms with E-state index in [1.165, 1.54) is 12.1 Å². The van der Waals surface area contributed by atoms with Gasteiger partial charge in [-0.15, -0.1) is 0 Å². The van der Waals surface area contributed by atoms with Crippen molar-refractivity contribution in [3.05, 3.63) is 64.7 Å². The summed E-state index contributed by atoms with van der Waals surface area (Å²) in [5.41, 5.74) is 3.27. The summed E-state index contributed by atoms with van der Waals surface area (Å²) in [6.45, 7) is 5.67. The first-order valence-corrected chi connectivity index (χ1v) is 7.99. The molecule has 1 amide bonds. The van der Waals surface area contributed by atoms with Crippen molar-refractivity contribution < 1.29 is 13.2 Å². The van der Waals surface area contributed by atoms with Gasteiger partial charge in [-0.2, -0.15) is 0 Å². The van der Waals surface area contributed by atoms with Crippen molar-refractivity contribution in [1.82, 2.24) is 4.72 Å². The lowest BCUT2D eigenvalue weighted by Gasteiger charge is -2.08. The normalized spacial score (nSPS) is 11.2. The highest BCUT2D eigenvalue weighted by atomic mass is 32.2. The van der Waals surface area contributed by atoms with E-state index in [0.29, 0.717) is 5.56 Å². The number of hydrogen-bond donors (Lipinski definition) is 1. The molecule has 5 heteroatoms. The minimum atomic E-state index is -3.85. The highest BCUT2D eigenvalue weighted by Gasteiger charge is 2.18. The molecular weight excluding hydrogens is 286 g/mol. The fraction of sp³-hybridized carbons (Fsp3) is 0.188. The highest BCUT2D eigenvalue weighted by molar-refractivity contribution is 7.90. The Morgan fingerprint density at radius 2 is 1.52 bits per heavy atom. The van der Waals surface area contributed by atoms with Crippen molar-refractivity contribution in [2.75, 3.05) is 0 Å². The first-order chi connectivity index (χ1) is 9.79. The first kappa shape index (κ1) is 15.3.